The van der Waals surface area contributed by atoms with Gasteiger partial charge in [0.05, 0.1) is 23.3 Å². The number of nitrogens with zero attached hydrogens (tertiary/aromatic N) is 1. The summed E-state index contributed by atoms with van der Waals surface area (Å²) in [6, 6.07) is 16.8. The van der Waals surface area contributed by atoms with Gasteiger partial charge >= 0.3 is 5.97 Å². The summed E-state index contributed by atoms with van der Waals surface area (Å²) in [4.78, 5) is 24.8. The van der Waals surface area contributed by atoms with Gasteiger partial charge < -0.3 is 9.47 Å². The minimum Gasteiger partial charge on any atom is -0.496 e. The molecule has 0 fully saturated rings. The SMILES string of the molecule is COc1ccccc1C(=O)COC(=O)CN1c2cccc3cccc(c23)S1(=O)=O. The molecular formula is C21H17NO6S. The van der Waals surface area contributed by atoms with Gasteiger partial charge in [-0.1, -0.05) is 36.4 Å². The fourth-order valence-corrected chi connectivity index (χ4v) is 5.04. The van der Waals surface area contributed by atoms with Crippen molar-refractivity contribution in [2.24, 2.45) is 0 Å². The summed E-state index contributed by atoms with van der Waals surface area (Å²) in [6.45, 7) is -1.03. The molecule has 3 aromatic rings. The number of para-hydroxylation sites is 1. The third-order valence-corrected chi connectivity index (χ3v) is 6.53. The van der Waals surface area contributed by atoms with Crippen molar-refractivity contribution < 1.29 is 27.5 Å². The van der Waals surface area contributed by atoms with Crippen molar-refractivity contribution in [1.82, 2.24) is 0 Å². The molecule has 0 N–H and O–H groups in total. The predicted molar refractivity (Wildman–Crippen MR) is 107 cm³/mol. The van der Waals surface area contributed by atoms with Gasteiger partial charge in [-0.05, 0) is 29.7 Å². The van der Waals surface area contributed by atoms with Crippen LogP contribution in [-0.2, 0) is 19.6 Å². The Morgan fingerprint density at radius 3 is 2.45 bits per heavy atom. The van der Waals surface area contributed by atoms with Crippen molar-refractivity contribution in [3.05, 3.63) is 66.2 Å². The van der Waals surface area contributed by atoms with Gasteiger partial charge in [-0.15, -0.1) is 0 Å². The minimum absolute atomic E-state index is 0.156. The Balaban J connectivity index is 1.51. The Morgan fingerprint density at radius 1 is 0.966 bits per heavy atom. The number of rotatable bonds is 6. The molecule has 0 aromatic heterocycles. The first-order chi connectivity index (χ1) is 13.9. The lowest BCUT2D eigenvalue weighted by molar-refractivity contribution is -0.140. The second-order valence-corrected chi connectivity index (χ2v) is 8.26. The fourth-order valence-electron chi connectivity index (χ4n) is 3.39. The van der Waals surface area contributed by atoms with Crippen LogP contribution < -0.4 is 9.04 Å². The average molecular weight is 411 g/mol. The van der Waals surface area contributed by atoms with Crippen LogP contribution in [0, 0.1) is 0 Å². The summed E-state index contributed by atoms with van der Waals surface area (Å²) in [5.74, 6) is -0.884. The molecule has 0 saturated heterocycles. The highest BCUT2D eigenvalue weighted by atomic mass is 32.2. The van der Waals surface area contributed by atoms with Crippen LogP contribution >= 0.6 is 0 Å². The number of benzene rings is 3. The first kappa shape index (κ1) is 18.9. The number of Topliss-reactive ketones (excluding diaryl/α,β-unsaturated/α-hetero) is 1. The Bertz CT molecular complexity index is 1230. The zero-order chi connectivity index (χ0) is 20.6. The highest BCUT2D eigenvalue weighted by molar-refractivity contribution is 7.93. The number of carbonyl (C=O) groups is 2. The summed E-state index contributed by atoms with van der Waals surface area (Å²) < 4.78 is 37.0. The molecule has 8 heteroatoms. The maximum atomic E-state index is 12.9. The van der Waals surface area contributed by atoms with Gasteiger partial charge in [0.15, 0.2) is 6.61 Å². The molecule has 0 bridgehead atoms. The number of anilines is 1. The molecule has 1 aliphatic rings. The van der Waals surface area contributed by atoms with Crippen LogP contribution in [0.1, 0.15) is 10.4 Å². The lowest BCUT2D eigenvalue weighted by Gasteiger charge is -2.17. The first-order valence-corrected chi connectivity index (χ1v) is 10.2. The molecule has 29 heavy (non-hydrogen) atoms. The van der Waals surface area contributed by atoms with Crippen LogP contribution in [0.25, 0.3) is 10.8 Å². The molecule has 0 amide bonds. The molecule has 7 nitrogen and oxygen atoms in total. The van der Waals surface area contributed by atoms with E-state index < -0.39 is 34.9 Å². The van der Waals surface area contributed by atoms with Crippen molar-refractivity contribution in [3.8, 4) is 5.75 Å². The smallest absolute Gasteiger partial charge is 0.327 e. The summed E-state index contributed by atoms with van der Waals surface area (Å²) in [5.41, 5.74) is 0.708. The summed E-state index contributed by atoms with van der Waals surface area (Å²) in [5, 5.41) is 1.35. The van der Waals surface area contributed by atoms with Crippen molar-refractivity contribution in [2.75, 3.05) is 24.6 Å². The second-order valence-electron chi connectivity index (χ2n) is 6.43. The molecule has 1 aliphatic heterocycles. The monoisotopic (exact) mass is 411 g/mol. The maximum absolute atomic E-state index is 12.9. The highest BCUT2D eigenvalue weighted by Gasteiger charge is 2.37. The Morgan fingerprint density at radius 2 is 1.69 bits per heavy atom. The molecule has 0 atom stereocenters. The van der Waals surface area contributed by atoms with Gasteiger partial charge in [0, 0.05) is 5.39 Å². The first-order valence-electron chi connectivity index (χ1n) is 8.80. The predicted octanol–water partition coefficient (Wildman–Crippen LogP) is 2.78. The summed E-state index contributed by atoms with van der Waals surface area (Å²) in [6.07, 6.45) is 0. The summed E-state index contributed by atoms with van der Waals surface area (Å²) >= 11 is 0. The Hall–Kier alpha value is -3.39. The molecule has 0 unspecified atom stereocenters. The van der Waals surface area contributed by atoms with Gasteiger partial charge in [0.2, 0.25) is 5.78 Å². The summed E-state index contributed by atoms with van der Waals surface area (Å²) in [7, 11) is -2.43. The lowest BCUT2D eigenvalue weighted by atomic mass is 10.1. The zero-order valence-electron chi connectivity index (χ0n) is 15.5. The molecule has 1 heterocycles. The quantitative estimate of drug-likeness (QED) is 0.458. The van der Waals surface area contributed by atoms with E-state index in [1.807, 2.05) is 12.1 Å². The number of sulfonamides is 1. The lowest BCUT2D eigenvalue weighted by Crippen LogP contribution is -2.34. The molecule has 0 spiro atoms. The average Bonchev–Trinajstić information content (AvgIpc) is 2.95. The molecule has 3 aromatic carbocycles. The fraction of sp³-hybridized carbons (Fsp3) is 0.143. The topological polar surface area (TPSA) is 90.0 Å². The highest BCUT2D eigenvalue weighted by Crippen LogP contribution is 2.41. The third-order valence-electron chi connectivity index (χ3n) is 4.73. The van der Waals surface area contributed by atoms with E-state index in [0.717, 1.165) is 9.69 Å². The van der Waals surface area contributed by atoms with Gasteiger partial charge in [0.25, 0.3) is 10.0 Å². The third kappa shape index (κ3) is 3.21. The van der Waals surface area contributed by atoms with Crippen LogP contribution in [0.4, 0.5) is 5.69 Å². The Kier molecular flexibility index (Phi) is 4.71. The van der Waals surface area contributed by atoms with E-state index in [1.54, 1.807) is 42.5 Å². The molecule has 148 valence electrons. The van der Waals surface area contributed by atoms with Crippen molar-refractivity contribution in [1.29, 1.82) is 0 Å². The standard InChI is InChI=1S/C21H17NO6S/c1-27-18-10-3-2-8-15(18)17(23)13-28-20(24)12-22-16-9-4-6-14-7-5-11-19(21(14)16)29(22,25)26/h2-11H,12-13H2,1H3. The molecule has 0 radical (unpaired) electrons. The van der Waals surface area contributed by atoms with Gasteiger partial charge in [-0.2, -0.15) is 0 Å². The number of methoxy groups -OCH3 is 1. The van der Waals surface area contributed by atoms with E-state index in [2.05, 4.69) is 0 Å². The van der Waals surface area contributed by atoms with Crippen LogP contribution in [0.15, 0.2) is 65.6 Å². The van der Waals surface area contributed by atoms with Crippen LogP contribution in [0.3, 0.4) is 0 Å². The van der Waals surface area contributed by atoms with Crippen molar-refractivity contribution in [3.63, 3.8) is 0 Å². The number of ketones is 1. The van der Waals surface area contributed by atoms with Gasteiger partial charge in [0.1, 0.15) is 12.3 Å². The number of carbonyl (C=O) groups excluding carboxylic acids is 2. The van der Waals surface area contributed by atoms with E-state index in [4.69, 9.17) is 9.47 Å². The van der Waals surface area contributed by atoms with Gasteiger partial charge in [-0.25, -0.2) is 8.42 Å². The molecule has 0 saturated carbocycles. The van der Waals surface area contributed by atoms with E-state index in [1.165, 1.54) is 13.2 Å². The Labute approximate surface area is 167 Å². The molecular weight excluding hydrogens is 394 g/mol. The van der Waals surface area contributed by atoms with Crippen molar-refractivity contribution >= 4 is 38.2 Å². The number of ether oxygens (including phenoxy) is 2. The van der Waals surface area contributed by atoms with Crippen molar-refractivity contribution in [2.45, 2.75) is 4.90 Å². The largest absolute Gasteiger partial charge is 0.496 e. The van der Waals surface area contributed by atoms with E-state index in [0.29, 0.717) is 16.8 Å². The van der Waals surface area contributed by atoms with Crippen LogP contribution in [0.2, 0.25) is 0 Å². The molecule has 0 aliphatic carbocycles. The van der Waals surface area contributed by atoms with Crippen LogP contribution in [-0.4, -0.2) is 40.4 Å². The van der Waals surface area contributed by atoms with E-state index in [9.17, 15) is 18.0 Å². The maximum Gasteiger partial charge on any atom is 0.327 e. The van der Waals surface area contributed by atoms with Crippen LogP contribution in [0.5, 0.6) is 5.75 Å². The zero-order valence-corrected chi connectivity index (χ0v) is 16.3. The minimum atomic E-state index is -3.87. The van der Waals surface area contributed by atoms with E-state index in [-0.39, 0.29) is 10.5 Å². The van der Waals surface area contributed by atoms with Gasteiger partial charge in [-0.3, -0.25) is 13.9 Å². The normalized spacial score (nSPS) is 14.0. The number of hydrogen-bond donors (Lipinski definition) is 0. The second kappa shape index (κ2) is 7.21. The number of hydrogen-bond acceptors (Lipinski definition) is 6. The van der Waals surface area contributed by atoms with E-state index >= 15 is 0 Å². The number of esters is 1. The molecule has 4 rings (SSSR count).